The lowest BCUT2D eigenvalue weighted by Crippen LogP contribution is -2.39. The van der Waals surface area contributed by atoms with Crippen LogP contribution in [0.5, 0.6) is 0 Å². The van der Waals surface area contributed by atoms with Gasteiger partial charge in [-0.15, -0.1) is 0 Å². The summed E-state index contributed by atoms with van der Waals surface area (Å²) in [6.07, 6.45) is 3.76. The van der Waals surface area contributed by atoms with Gasteiger partial charge in [-0.3, -0.25) is 0 Å². The number of hydrogen-bond donors (Lipinski definition) is 1. The number of ether oxygens (including phenoxy) is 1. The largest absolute Gasteiger partial charge is 0.381 e. The second-order valence-corrected chi connectivity index (χ2v) is 6.31. The fourth-order valence-electron chi connectivity index (χ4n) is 2.08. The van der Waals surface area contributed by atoms with Crippen molar-refractivity contribution >= 4 is 11.8 Å². The molecule has 1 aliphatic rings. The first kappa shape index (κ1) is 15.3. The van der Waals surface area contributed by atoms with E-state index in [-0.39, 0.29) is 0 Å². The summed E-state index contributed by atoms with van der Waals surface area (Å²) in [6.45, 7) is 9.94. The van der Waals surface area contributed by atoms with Gasteiger partial charge >= 0.3 is 0 Å². The lowest BCUT2D eigenvalue weighted by atomic mass is 10.0. The predicted molar refractivity (Wildman–Crippen MR) is 77.8 cm³/mol. The van der Waals surface area contributed by atoms with E-state index >= 15 is 0 Å². The Morgan fingerprint density at radius 1 is 1.35 bits per heavy atom. The molecule has 3 atom stereocenters. The molecule has 0 aromatic rings. The maximum atomic E-state index is 5.52. The Morgan fingerprint density at radius 3 is 2.76 bits per heavy atom. The maximum absolute atomic E-state index is 5.52. The van der Waals surface area contributed by atoms with Gasteiger partial charge in [0.15, 0.2) is 0 Å². The zero-order chi connectivity index (χ0) is 12.5. The molecule has 1 saturated heterocycles. The topological polar surface area (TPSA) is 21.3 Å². The molecular weight excluding hydrogens is 230 g/mol. The van der Waals surface area contributed by atoms with Crippen molar-refractivity contribution in [2.75, 3.05) is 31.3 Å². The first-order valence-electron chi connectivity index (χ1n) is 7.16. The van der Waals surface area contributed by atoms with Gasteiger partial charge in [0, 0.05) is 24.3 Å². The number of nitrogens with one attached hydrogen (secondary N) is 1. The molecule has 1 rings (SSSR count). The summed E-state index contributed by atoms with van der Waals surface area (Å²) in [5.74, 6) is 4.14. The van der Waals surface area contributed by atoms with Gasteiger partial charge in [-0.25, -0.2) is 0 Å². The van der Waals surface area contributed by atoms with E-state index in [1.807, 2.05) is 0 Å². The molecule has 0 aromatic heterocycles. The minimum Gasteiger partial charge on any atom is -0.381 e. The van der Waals surface area contributed by atoms with Gasteiger partial charge in [0.1, 0.15) is 0 Å². The molecule has 0 bridgehead atoms. The molecule has 0 spiro atoms. The second kappa shape index (κ2) is 9.23. The van der Waals surface area contributed by atoms with Crippen molar-refractivity contribution in [3.05, 3.63) is 0 Å². The Hall–Kier alpha value is 0.270. The molecule has 1 heterocycles. The Balaban J connectivity index is 2.24. The normalized spacial score (nSPS) is 23.8. The molecule has 1 aliphatic heterocycles. The third kappa shape index (κ3) is 6.12. The van der Waals surface area contributed by atoms with Crippen molar-refractivity contribution < 1.29 is 4.74 Å². The Labute approximate surface area is 111 Å². The third-order valence-electron chi connectivity index (χ3n) is 3.59. The Bertz CT molecular complexity index is 183. The third-order valence-corrected chi connectivity index (χ3v) is 4.99. The van der Waals surface area contributed by atoms with E-state index < -0.39 is 0 Å². The van der Waals surface area contributed by atoms with Gasteiger partial charge in [-0.1, -0.05) is 27.2 Å². The number of thioether (sulfide) groups is 1. The summed E-state index contributed by atoms with van der Waals surface area (Å²) < 4.78 is 5.52. The van der Waals surface area contributed by atoms with Crippen molar-refractivity contribution in [3.63, 3.8) is 0 Å². The first-order valence-corrected chi connectivity index (χ1v) is 8.32. The maximum Gasteiger partial charge on any atom is 0.0510 e. The summed E-state index contributed by atoms with van der Waals surface area (Å²) in [7, 11) is 0. The average Bonchev–Trinajstić information content (AvgIpc) is 2.86. The summed E-state index contributed by atoms with van der Waals surface area (Å²) in [6, 6.07) is 0.659. The molecule has 3 unspecified atom stereocenters. The Kier molecular flexibility index (Phi) is 8.33. The van der Waals surface area contributed by atoms with Gasteiger partial charge < -0.3 is 10.1 Å². The van der Waals surface area contributed by atoms with E-state index in [4.69, 9.17) is 4.74 Å². The zero-order valence-corrected chi connectivity index (χ0v) is 12.5. The smallest absolute Gasteiger partial charge is 0.0510 e. The molecular formula is C14H29NOS. The van der Waals surface area contributed by atoms with E-state index in [1.54, 1.807) is 0 Å². The fourth-order valence-corrected chi connectivity index (χ4v) is 3.49. The lowest BCUT2D eigenvalue weighted by Gasteiger charge is -2.24. The lowest BCUT2D eigenvalue weighted by molar-refractivity contribution is 0.179. The average molecular weight is 259 g/mol. The van der Waals surface area contributed by atoms with Crippen LogP contribution in [0.4, 0.5) is 0 Å². The van der Waals surface area contributed by atoms with E-state index in [0.29, 0.717) is 6.04 Å². The molecule has 1 N–H and O–H groups in total. The van der Waals surface area contributed by atoms with Gasteiger partial charge in [0.05, 0.1) is 6.61 Å². The molecule has 0 radical (unpaired) electrons. The summed E-state index contributed by atoms with van der Waals surface area (Å²) >= 11 is 2.11. The van der Waals surface area contributed by atoms with Crippen LogP contribution in [-0.2, 0) is 4.74 Å². The summed E-state index contributed by atoms with van der Waals surface area (Å²) in [5, 5.41) is 3.70. The van der Waals surface area contributed by atoms with Crippen molar-refractivity contribution in [2.24, 2.45) is 11.8 Å². The number of rotatable bonds is 9. The molecule has 17 heavy (non-hydrogen) atoms. The monoisotopic (exact) mass is 259 g/mol. The SMILES string of the molecule is CCCNC(CSCC(C)CC)C1CCOC1. The standard InChI is InChI=1S/C14H29NOS/c1-4-7-15-14(13-6-8-16-9-13)11-17-10-12(3)5-2/h12-15H,4-11H2,1-3H3. The van der Waals surface area contributed by atoms with Crippen molar-refractivity contribution in [3.8, 4) is 0 Å². The van der Waals surface area contributed by atoms with E-state index in [1.165, 1.54) is 30.8 Å². The number of hydrogen-bond acceptors (Lipinski definition) is 3. The van der Waals surface area contributed by atoms with Gasteiger partial charge in [-0.2, -0.15) is 11.8 Å². The molecule has 0 aliphatic carbocycles. The molecule has 102 valence electrons. The van der Waals surface area contributed by atoms with Crippen LogP contribution in [0, 0.1) is 11.8 Å². The van der Waals surface area contributed by atoms with Crippen LogP contribution in [0.25, 0.3) is 0 Å². The highest BCUT2D eigenvalue weighted by molar-refractivity contribution is 7.99. The zero-order valence-electron chi connectivity index (χ0n) is 11.7. The van der Waals surface area contributed by atoms with Gasteiger partial charge in [0.25, 0.3) is 0 Å². The summed E-state index contributed by atoms with van der Waals surface area (Å²) in [4.78, 5) is 0. The summed E-state index contributed by atoms with van der Waals surface area (Å²) in [5.41, 5.74) is 0. The van der Waals surface area contributed by atoms with Crippen LogP contribution in [0.1, 0.15) is 40.0 Å². The molecule has 1 fully saturated rings. The first-order chi connectivity index (χ1) is 8.27. The van der Waals surface area contributed by atoms with Crippen LogP contribution < -0.4 is 5.32 Å². The van der Waals surface area contributed by atoms with E-state index in [2.05, 4.69) is 37.8 Å². The molecule has 0 aromatic carbocycles. The fraction of sp³-hybridized carbons (Fsp3) is 1.00. The quantitative estimate of drug-likeness (QED) is 0.687. The van der Waals surface area contributed by atoms with Gasteiger partial charge in [0.2, 0.25) is 0 Å². The molecule has 3 heteroatoms. The van der Waals surface area contributed by atoms with Crippen LogP contribution >= 0.6 is 11.8 Å². The second-order valence-electron chi connectivity index (χ2n) is 5.24. The minimum atomic E-state index is 0.659. The molecule has 0 amide bonds. The van der Waals surface area contributed by atoms with E-state index in [9.17, 15) is 0 Å². The molecule has 0 saturated carbocycles. The van der Waals surface area contributed by atoms with Crippen molar-refractivity contribution in [1.82, 2.24) is 5.32 Å². The highest BCUT2D eigenvalue weighted by Crippen LogP contribution is 2.21. The minimum absolute atomic E-state index is 0.659. The van der Waals surface area contributed by atoms with Crippen molar-refractivity contribution in [1.29, 1.82) is 0 Å². The highest BCUT2D eigenvalue weighted by atomic mass is 32.2. The van der Waals surface area contributed by atoms with Crippen LogP contribution in [0.15, 0.2) is 0 Å². The highest BCUT2D eigenvalue weighted by Gasteiger charge is 2.25. The Morgan fingerprint density at radius 2 is 2.18 bits per heavy atom. The predicted octanol–water partition coefficient (Wildman–Crippen LogP) is 3.17. The van der Waals surface area contributed by atoms with Crippen LogP contribution in [0.3, 0.4) is 0 Å². The van der Waals surface area contributed by atoms with Gasteiger partial charge in [-0.05, 0) is 31.1 Å². The van der Waals surface area contributed by atoms with Crippen LogP contribution in [-0.4, -0.2) is 37.3 Å². The van der Waals surface area contributed by atoms with Crippen molar-refractivity contribution in [2.45, 2.75) is 46.1 Å². The van der Waals surface area contributed by atoms with E-state index in [0.717, 1.165) is 31.6 Å². The molecule has 2 nitrogen and oxygen atoms in total. The van der Waals surface area contributed by atoms with Crippen LogP contribution in [0.2, 0.25) is 0 Å².